The summed E-state index contributed by atoms with van der Waals surface area (Å²) in [5.41, 5.74) is 0.918. The molecule has 0 aromatic carbocycles. The van der Waals surface area contributed by atoms with Gasteiger partial charge in [-0.3, -0.25) is 0 Å². The first kappa shape index (κ1) is 11.0. The van der Waals surface area contributed by atoms with Crippen LogP contribution in [0.5, 0.6) is 0 Å². The second-order valence-electron chi connectivity index (χ2n) is 5.47. The van der Waals surface area contributed by atoms with E-state index in [9.17, 15) is 0 Å². The third-order valence-electron chi connectivity index (χ3n) is 4.14. The van der Waals surface area contributed by atoms with Crippen molar-refractivity contribution in [1.29, 1.82) is 0 Å². The van der Waals surface area contributed by atoms with Gasteiger partial charge in [-0.2, -0.15) is 0 Å². The Morgan fingerprint density at radius 3 is 1.92 bits per heavy atom. The topological polar surface area (TPSA) is 24.1 Å². The van der Waals surface area contributed by atoms with E-state index in [2.05, 4.69) is 45.3 Å². The van der Waals surface area contributed by atoms with Gasteiger partial charge < -0.3 is 10.6 Å². The van der Waals surface area contributed by atoms with Gasteiger partial charge in [0.05, 0.1) is 0 Å². The van der Waals surface area contributed by atoms with Crippen molar-refractivity contribution < 1.29 is 0 Å². The maximum atomic E-state index is 3.63. The Morgan fingerprint density at radius 2 is 1.62 bits per heavy atom. The zero-order valence-electron chi connectivity index (χ0n) is 9.86. The van der Waals surface area contributed by atoms with Crippen molar-refractivity contribution in [2.75, 3.05) is 13.6 Å². The van der Waals surface area contributed by atoms with Gasteiger partial charge in [-0.05, 0) is 24.8 Å². The van der Waals surface area contributed by atoms with Crippen LogP contribution >= 0.6 is 0 Å². The highest BCUT2D eigenvalue weighted by molar-refractivity contribution is 5.17. The van der Waals surface area contributed by atoms with Gasteiger partial charge in [-0.25, -0.2) is 0 Å². The highest BCUT2D eigenvalue weighted by atomic mass is 15.1. The molecular formula is C11H24N2. The molecule has 1 atom stereocenters. The fraction of sp³-hybridized carbons (Fsp3) is 1.00. The molecule has 0 aromatic heterocycles. The van der Waals surface area contributed by atoms with E-state index in [-0.39, 0.29) is 0 Å². The molecule has 2 heteroatoms. The molecule has 13 heavy (non-hydrogen) atoms. The highest BCUT2D eigenvalue weighted by Crippen LogP contribution is 2.62. The molecule has 0 saturated heterocycles. The molecule has 1 aliphatic rings. The second kappa shape index (κ2) is 3.25. The quantitative estimate of drug-likeness (QED) is 0.694. The first-order chi connectivity index (χ1) is 5.84. The maximum absolute atomic E-state index is 3.63. The van der Waals surface area contributed by atoms with Crippen molar-refractivity contribution in [1.82, 2.24) is 10.6 Å². The van der Waals surface area contributed by atoms with Gasteiger partial charge in [0.25, 0.3) is 0 Å². The van der Waals surface area contributed by atoms with Crippen molar-refractivity contribution in [3.63, 3.8) is 0 Å². The van der Waals surface area contributed by atoms with E-state index in [0.29, 0.717) is 22.9 Å². The third kappa shape index (κ3) is 1.75. The lowest BCUT2D eigenvalue weighted by molar-refractivity contribution is 0.457. The number of rotatable bonds is 4. The van der Waals surface area contributed by atoms with Gasteiger partial charge in [-0.1, -0.05) is 27.7 Å². The van der Waals surface area contributed by atoms with Crippen LogP contribution in [0.4, 0.5) is 0 Å². The lowest BCUT2D eigenvalue weighted by Crippen LogP contribution is -2.36. The summed E-state index contributed by atoms with van der Waals surface area (Å²) in [6.45, 7) is 12.6. The summed E-state index contributed by atoms with van der Waals surface area (Å²) < 4.78 is 0. The van der Waals surface area contributed by atoms with Crippen LogP contribution in [0.1, 0.15) is 34.6 Å². The summed E-state index contributed by atoms with van der Waals surface area (Å²) >= 11 is 0. The van der Waals surface area contributed by atoms with E-state index >= 15 is 0 Å². The van der Waals surface area contributed by atoms with Gasteiger partial charge in [0.2, 0.25) is 0 Å². The molecule has 1 unspecified atom stereocenters. The van der Waals surface area contributed by atoms with Crippen LogP contribution in [0.25, 0.3) is 0 Å². The predicted molar refractivity (Wildman–Crippen MR) is 57.9 cm³/mol. The molecule has 0 radical (unpaired) electrons. The molecular weight excluding hydrogens is 160 g/mol. The number of hydrogen-bond donors (Lipinski definition) is 2. The first-order valence-corrected chi connectivity index (χ1v) is 5.24. The van der Waals surface area contributed by atoms with E-state index in [1.54, 1.807) is 0 Å². The Balaban J connectivity index is 2.34. The van der Waals surface area contributed by atoms with E-state index in [0.717, 1.165) is 6.54 Å². The minimum atomic E-state index is 0.459. The molecule has 78 valence electrons. The predicted octanol–water partition coefficient (Wildman–Crippen LogP) is 1.62. The minimum Gasteiger partial charge on any atom is -0.316 e. The third-order valence-corrected chi connectivity index (χ3v) is 4.14. The van der Waals surface area contributed by atoms with Crippen molar-refractivity contribution in [3.05, 3.63) is 0 Å². The van der Waals surface area contributed by atoms with Crippen molar-refractivity contribution in [3.8, 4) is 0 Å². The normalized spacial score (nSPS) is 27.2. The number of nitrogens with one attached hydrogen (secondary N) is 2. The Labute approximate surface area is 82.5 Å². The average Bonchev–Trinajstić information content (AvgIpc) is 2.40. The largest absolute Gasteiger partial charge is 0.316 e. The molecule has 2 N–H and O–H groups in total. The molecule has 1 fully saturated rings. The fourth-order valence-electron chi connectivity index (χ4n) is 2.10. The monoisotopic (exact) mass is 184 g/mol. The fourth-order valence-corrected chi connectivity index (χ4v) is 2.10. The summed E-state index contributed by atoms with van der Waals surface area (Å²) in [6.07, 6.45) is 0. The summed E-state index contributed by atoms with van der Waals surface area (Å²) in [5.74, 6) is 0. The SMILES string of the molecule is CNC(C)CNC1C(C)(C)C1(C)C. The van der Waals surface area contributed by atoms with E-state index in [1.165, 1.54) is 0 Å². The van der Waals surface area contributed by atoms with Crippen molar-refractivity contribution in [2.24, 2.45) is 10.8 Å². The number of hydrogen-bond acceptors (Lipinski definition) is 2. The van der Waals surface area contributed by atoms with Gasteiger partial charge in [0.1, 0.15) is 0 Å². The van der Waals surface area contributed by atoms with E-state index < -0.39 is 0 Å². The summed E-state index contributed by atoms with van der Waals surface area (Å²) in [6, 6.07) is 1.24. The molecule has 0 heterocycles. The van der Waals surface area contributed by atoms with Crippen LogP contribution in [0.15, 0.2) is 0 Å². The van der Waals surface area contributed by atoms with Gasteiger partial charge in [0.15, 0.2) is 0 Å². The van der Waals surface area contributed by atoms with Crippen LogP contribution in [-0.4, -0.2) is 25.7 Å². The van der Waals surface area contributed by atoms with Crippen LogP contribution in [0.2, 0.25) is 0 Å². The number of likely N-dealkylation sites (N-methyl/N-ethyl adjacent to an activating group) is 1. The average molecular weight is 184 g/mol. The highest BCUT2D eigenvalue weighted by Gasteiger charge is 2.64. The molecule has 1 rings (SSSR count). The smallest absolute Gasteiger partial charge is 0.0181 e. The van der Waals surface area contributed by atoms with E-state index in [4.69, 9.17) is 0 Å². The lowest BCUT2D eigenvalue weighted by Gasteiger charge is -2.12. The summed E-state index contributed by atoms with van der Waals surface area (Å²) in [4.78, 5) is 0. The zero-order valence-corrected chi connectivity index (χ0v) is 9.86. The van der Waals surface area contributed by atoms with Gasteiger partial charge in [-0.15, -0.1) is 0 Å². The Kier molecular flexibility index (Phi) is 2.75. The molecule has 0 aliphatic heterocycles. The minimum absolute atomic E-state index is 0.459. The Bertz CT molecular complexity index is 171. The summed E-state index contributed by atoms with van der Waals surface area (Å²) in [5, 5.41) is 6.87. The van der Waals surface area contributed by atoms with Crippen molar-refractivity contribution >= 4 is 0 Å². The lowest BCUT2D eigenvalue weighted by atomic mass is 10.0. The first-order valence-electron chi connectivity index (χ1n) is 5.24. The zero-order chi connectivity index (χ0) is 10.3. The molecule has 0 bridgehead atoms. The van der Waals surface area contributed by atoms with Gasteiger partial charge in [0, 0.05) is 18.6 Å². The van der Waals surface area contributed by atoms with Crippen LogP contribution in [0, 0.1) is 10.8 Å². The van der Waals surface area contributed by atoms with Crippen LogP contribution in [-0.2, 0) is 0 Å². The van der Waals surface area contributed by atoms with E-state index in [1.807, 2.05) is 7.05 Å². The summed E-state index contributed by atoms with van der Waals surface area (Å²) in [7, 11) is 2.01. The van der Waals surface area contributed by atoms with Crippen molar-refractivity contribution in [2.45, 2.75) is 46.7 Å². The molecule has 0 aromatic rings. The maximum Gasteiger partial charge on any atom is 0.0181 e. The Hall–Kier alpha value is -0.0800. The molecule has 2 nitrogen and oxygen atoms in total. The molecule has 0 amide bonds. The molecule has 1 aliphatic carbocycles. The standard InChI is InChI=1S/C11H24N2/c1-8(12-6)7-13-9-10(2,3)11(9,4)5/h8-9,12-13H,7H2,1-6H3. The Morgan fingerprint density at radius 1 is 1.15 bits per heavy atom. The van der Waals surface area contributed by atoms with Crippen LogP contribution < -0.4 is 10.6 Å². The van der Waals surface area contributed by atoms with Crippen LogP contribution in [0.3, 0.4) is 0 Å². The van der Waals surface area contributed by atoms with Gasteiger partial charge >= 0.3 is 0 Å². The second-order valence-corrected chi connectivity index (χ2v) is 5.47. The molecule has 1 saturated carbocycles. The molecule has 0 spiro atoms.